The molecule has 1 rings (SSSR count). The van der Waals surface area contributed by atoms with Crippen molar-refractivity contribution in [3.05, 3.63) is 35.4 Å². The standard InChI is InChI=1S/C14H17NO2S/c1-14(2,3)17-13(16)10-18-9-12-7-5-4-6-11(12)8-15/h4-7H,9-10H2,1-3H3. The van der Waals surface area contributed by atoms with Crippen molar-refractivity contribution < 1.29 is 9.53 Å². The molecule has 18 heavy (non-hydrogen) atoms. The number of hydrogen-bond donors (Lipinski definition) is 0. The zero-order valence-electron chi connectivity index (χ0n) is 10.9. The van der Waals surface area contributed by atoms with E-state index in [1.54, 1.807) is 6.07 Å². The largest absolute Gasteiger partial charge is 0.459 e. The lowest BCUT2D eigenvalue weighted by Gasteiger charge is -2.19. The molecule has 0 fully saturated rings. The van der Waals surface area contributed by atoms with Gasteiger partial charge < -0.3 is 4.74 Å². The highest BCUT2D eigenvalue weighted by Gasteiger charge is 2.16. The fraction of sp³-hybridized carbons (Fsp3) is 0.429. The number of rotatable bonds is 4. The molecule has 0 amide bonds. The zero-order chi connectivity index (χ0) is 13.6. The minimum Gasteiger partial charge on any atom is -0.459 e. The summed E-state index contributed by atoms with van der Waals surface area (Å²) in [5.41, 5.74) is 1.17. The molecule has 0 aliphatic carbocycles. The highest BCUT2D eigenvalue weighted by Crippen LogP contribution is 2.17. The third kappa shape index (κ3) is 5.24. The molecule has 1 aromatic carbocycles. The predicted molar refractivity (Wildman–Crippen MR) is 73.2 cm³/mol. The zero-order valence-corrected chi connectivity index (χ0v) is 11.7. The Kier molecular flexibility index (Phi) is 5.24. The molecule has 0 N–H and O–H groups in total. The number of benzene rings is 1. The molecule has 0 radical (unpaired) electrons. The van der Waals surface area contributed by atoms with Gasteiger partial charge in [0, 0.05) is 5.75 Å². The van der Waals surface area contributed by atoms with Crippen molar-refractivity contribution in [2.45, 2.75) is 32.1 Å². The van der Waals surface area contributed by atoms with Crippen molar-refractivity contribution in [1.82, 2.24) is 0 Å². The number of carbonyl (C=O) groups excluding carboxylic acids is 1. The molecular weight excluding hydrogens is 246 g/mol. The average Bonchev–Trinajstić information content (AvgIpc) is 2.27. The van der Waals surface area contributed by atoms with E-state index in [0.717, 1.165) is 5.56 Å². The van der Waals surface area contributed by atoms with E-state index < -0.39 is 5.60 Å². The minimum absolute atomic E-state index is 0.220. The molecule has 0 aromatic heterocycles. The molecule has 0 saturated carbocycles. The number of thioether (sulfide) groups is 1. The molecule has 0 heterocycles. The maximum absolute atomic E-state index is 11.5. The quantitative estimate of drug-likeness (QED) is 0.783. The molecule has 0 aliphatic rings. The van der Waals surface area contributed by atoms with Gasteiger partial charge in [0.15, 0.2) is 0 Å². The second-order valence-corrected chi connectivity index (χ2v) is 5.83. The van der Waals surface area contributed by atoms with Crippen LogP contribution in [-0.2, 0) is 15.3 Å². The third-order valence-electron chi connectivity index (χ3n) is 2.04. The van der Waals surface area contributed by atoms with Gasteiger partial charge in [-0.1, -0.05) is 18.2 Å². The van der Waals surface area contributed by atoms with Gasteiger partial charge in [-0.2, -0.15) is 5.26 Å². The third-order valence-corrected chi connectivity index (χ3v) is 2.99. The molecule has 96 valence electrons. The van der Waals surface area contributed by atoms with Crippen molar-refractivity contribution >= 4 is 17.7 Å². The lowest BCUT2D eigenvalue weighted by molar-refractivity contribution is -0.151. The summed E-state index contributed by atoms with van der Waals surface area (Å²) < 4.78 is 5.21. The van der Waals surface area contributed by atoms with E-state index >= 15 is 0 Å². The normalized spacial score (nSPS) is 10.8. The molecule has 4 heteroatoms. The van der Waals surface area contributed by atoms with Crippen molar-refractivity contribution in [1.29, 1.82) is 5.26 Å². The molecule has 0 atom stereocenters. The Hall–Kier alpha value is -1.47. The van der Waals surface area contributed by atoms with Crippen LogP contribution in [0.15, 0.2) is 24.3 Å². The van der Waals surface area contributed by atoms with Crippen LogP contribution in [0.3, 0.4) is 0 Å². The molecule has 0 aliphatic heterocycles. The Morgan fingerprint density at radius 3 is 2.67 bits per heavy atom. The second-order valence-electron chi connectivity index (χ2n) is 4.85. The fourth-order valence-electron chi connectivity index (χ4n) is 1.37. The summed E-state index contributed by atoms with van der Waals surface area (Å²) in [6.45, 7) is 5.54. The van der Waals surface area contributed by atoms with Crippen molar-refractivity contribution in [2.24, 2.45) is 0 Å². The SMILES string of the molecule is CC(C)(C)OC(=O)CSCc1ccccc1C#N. The van der Waals surface area contributed by atoms with E-state index in [9.17, 15) is 4.79 Å². The molecule has 1 aromatic rings. The highest BCUT2D eigenvalue weighted by molar-refractivity contribution is 7.99. The molecule has 3 nitrogen and oxygen atoms in total. The first-order chi connectivity index (χ1) is 8.42. The number of nitriles is 1. The Labute approximate surface area is 112 Å². The van der Waals surface area contributed by atoms with Gasteiger partial charge in [0.1, 0.15) is 5.60 Å². The van der Waals surface area contributed by atoms with Crippen LogP contribution in [0, 0.1) is 11.3 Å². The monoisotopic (exact) mass is 263 g/mol. The van der Waals surface area contributed by atoms with Crippen molar-refractivity contribution in [3.8, 4) is 6.07 Å². The summed E-state index contributed by atoms with van der Waals surface area (Å²) >= 11 is 1.46. The smallest absolute Gasteiger partial charge is 0.316 e. The van der Waals surface area contributed by atoms with Gasteiger partial charge in [0.05, 0.1) is 17.4 Å². The van der Waals surface area contributed by atoms with E-state index in [1.807, 2.05) is 39.0 Å². The van der Waals surface area contributed by atoms with Gasteiger partial charge in [-0.15, -0.1) is 11.8 Å². The van der Waals surface area contributed by atoms with E-state index in [-0.39, 0.29) is 5.97 Å². The average molecular weight is 263 g/mol. The fourth-order valence-corrected chi connectivity index (χ4v) is 2.17. The summed E-state index contributed by atoms with van der Waals surface area (Å²) in [6.07, 6.45) is 0. The summed E-state index contributed by atoms with van der Waals surface area (Å²) in [4.78, 5) is 11.5. The van der Waals surface area contributed by atoms with Crippen LogP contribution in [0.5, 0.6) is 0 Å². The van der Waals surface area contributed by atoms with Crippen LogP contribution >= 0.6 is 11.8 Å². The van der Waals surface area contributed by atoms with E-state index in [4.69, 9.17) is 10.00 Å². The van der Waals surface area contributed by atoms with E-state index in [0.29, 0.717) is 17.1 Å². The van der Waals surface area contributed by atoms with Gasteiger partial charge in [-0.25, -0.2) is 0 Å². The van der Waals surface area contributed by atoms with Gasteiger partial charge in [-0.3, -0.25) is 4.79 Å². The maximum atomic E-state index is 11.5. The molecule has 0 unspecified atom stereocenters. The van der Waals surface area contributed by atoms with Crippen LogP contribution in [0.25, 0.3) is 0 Å². The van der Waals surface area contributed by atoms with Crippen LogP contribution in [0.4, 0.5) is 0 Å². The summed E-state index contributed by atoms with van der Waals surface area (Å²) in [7, 11) is 0. The predicted octanol–water partition coefficient (Wildman–Crippen LogP) is 3.13. The van der Waals surface area contributed by atoms with Crippen LogP contribution in [0.1, 0.15) is 31.9 Å². The number of esters is 1. The first-order valence-electron chi connectivity index (χ1n) is 5.70. The maximum Gasteiger partial charge on any atom is 0.316 e. The van der Waals surface area contributed by atoms with E-state index in [1.165, 1.54) is 11.8 Å². The lowest BCUT2D eigenvalue weighted by Crippen LogP contribution is -2.24. The van der Waals surface area contributed by atoms with Gasteiger partial charge in [0.25, 0.3) is 0 Å². The number of ether oxygens (including phenoxy) is 1. The van der Waals surface area contributed by atoms with Crippen molar-refractivity contribution in [3.63, 3.8) is 0 Å². The van der Waals surface area contributed by atoms with Crippen LogP contribution in [0.2, 0.25) is 0 Å². The Morgan fingerprint density at radius 1 is 1.39 bits per heavy atom. The topological polar surface area (TPSA) is 50.1 Å². The van der Waals surface area contributed by atoms with Gasteiger partial charge in [-0.05, 0) is 32.4 Å². The Bertz CT molecular complexity index is 458. The van der Waals surface area contributed by atoms with Crippen LogP contribution < -0.4 is 0 Å². The van der Waals surface area contributed by atoms with E-state index in [2.05, 4.69) is 6.07 Å². The number of hydrogen-bond acceptors (Lipinski definition) is 4. The summed E-state index contributed by atoms with van der Waals surface area (Å²) in [5.74, 6) is 0.724. The first-order valence-corrected chi connectivity index (χ1v) is 6.85. The number of nitrogens with zero attached hydrogens (tertiary/aromatic N) is 1. The lowest BCUT2D eigenvalue weighted by atomic mass is 10.1. The Balaban J connectivity index is 2.43. The highest BCUT2D eigenvalue weighted by atomic mass is 32.2. The summed E-state index contributed by atoms with van der Waals surface area (Å²) in [6, 6.07) is 9.55. The second kappa shape index (κ2) is 6.46. The number of carbonyl (C=O) groups is 1. The molecule has 0 saturated heterocycles. The van der Waals surface area contributed by atoms with Crippen molar-refractivity contribution in [2.75, 3.05) is 5.75 Å². The van der Waals surface area contributed by atoms with Gasteiger partial charge in [0.2, 0.25) is 0 Å². The molecular formula is C14H17NO2S. The van der Waals surface area contributed by atoms with Crippen LogP contribution in [-0.4, -0.2) is 17.3 Å². The molecule has 0 spiro atoms. The van der Waals surface area contributed by atoms with Gasteiger partial charge >= 0.3 is 5.97 Å². The first kappa shape index (κ1) is 14.6. The molecule has 0 bridgehead atoms. The Morgan fingerprint density at radius 2 is 2.06 bits per heavy atom. The minimum atomic E-state index is -0.442. The summed E-state index contributed by atoms with van der Waals surface area (Å²) in [5, 5.41) is 8.93.